The van der Waals surface area contributed by atoms with E-state index in [9.17, 15) is 4.79 Å². The molecule has 1 saturated heterocycles. The molecule has 0 N–H and O–H groups in total. The first kappa shape index (κ1) is 23.1. The average molecular weight is 425 g/mol. The second kappa shape index (κ2) is 11.2. The van der Waals surface area contributed by atoms with Gasteiger partial charge in [-0.15, -0.1) is 0 Å². The molecule has 0 spiro atoms. The molecule has 1 aliphatic heterocycles. The van der Waals surface area contributed by atoms with E-state index >= 15 is 0 Å². The molecule has 2 aromatic carbocycles. The van der Waals surface area contributed by atoms with Gasteiger partial charge in [-0.1, -0.05) is 50.2 Å². The van der Waals surface area contributed by atoms with Gasteiger partial charge in [0.05, 0.1) is 19.1 Å². The van der Waals surface area contributed by atoms with E-state index in [0.29, 0.717) is 26.3 Å². The van der Waals surface area contributed by atoms with Crippen molar-refractivity contribution in [3.05, 3.63) is 60.2 Å². The van der Waals surface area contributed by atoms with Crippen LogP contribution in [0, 0.1) is 5.92 Å². The SMILES string of the molecule is CCN(CC)c1cccc(OCC2CN(C(=O)C(c3ccccc3)C(C)C)CCO2)c1. The van der Waals surface area contributed by atoms with Gasteiger partial charge in [-0.3, -0.25) is 4.79 Å². The van der Waals surface area contributed by atoms with Crippen LogP contribution in [0.2, 0.25) is 0 Å². The molecule has 0 bridgehead atoms. The van der Waals surface area contributed by atoms with Gasteiger partial charge in [0.25, 0.3) is 0 Å². The van der Waals surface area contributed by atoms with Gasteiger partial charge < -0.3 is 19.3 Å². The molecule has 3 rings (SSSR count). The Balaban J connectivity index is 1.62. The molecule has 2 unspecified atom stereocenters. The molecule has 0 saturated carbocycles. The van der Waals surface area contributed by atoms with Crippen LogP contribution in [0.4, 0.5) is 5.69 Å². The summed E-state index contributed by atoms with van der Waals surface area (Å²) in [6, 6.07) is 18.3. The van der Waals surface area contributed by atoms with E-state index in [1.807, 2.05) is 47.4 Å². The number of carbonyl (C=O) groups is 1. The quantitative estimate of drug-likeness (QED) is 0.591. The van der Waals surface area contributed by atoms with E-state index in [-0.39, 0.29) is 23.8 Å². The van der Waals surface area contributed by atoms with Crippen molar-refractivity contribution in [1.29, 1.82) is 0 Å². The standard InChI is InChI=1S/C26H36N2O3/c1-5-27(6-2)22-13-10-14-23(17-22)31-19-24-18-28(15-16-30-24)26(29)25(20(3)4)21-11-8-7-9-12-21/h7-14,17,20,24-25H,5-6,15-16,18-19H2,1-4H3. The summed E-state index contributed by atoms with van der Waals surface area (Å²) in [6.07, 6.45) is -0.126. The van der Waals surface area contributed by atoms with Gasteiger partial charge in [0, 0.05) is 31.4 Å². The lowest BCUT2D eigenvalue weighted by Crippen LogP contribution is -2.49. The summed E-state index contributed by atoms with van der Waals surface area (Å²) >= 11 is 0. The Hall–Kier alpha value is -2.53. The Labute approximate surface area is 187 Å². The molecule has 0 radical (unpaired) electrons. The van der Waals surface area contributed by atoms with Crippen molar-refractivity contribution >= 4 is 11.6 Å². The second-order valence-corrected chi connectivity index (χ2v) is 8.39. The van der Waals surface area contributed by atoms with Gasteiger partial charge in [-0.05, 0) is 37.5 Å². The van der Waals surface area contributed by atoms with Crippen molar-refractivity contribution in [2.45, 2.75) is 39.7 Å². The number of nitrogens with zero attached hydrogens (tertiary/aromatic N) is 2. The number of anilines is 1. The van der Waals surface area contributed by atoms with Crippen LogP contribution in [0.1, 0.15) is 39.2 Å². The molecule has 0 aromatic heterocycles. The maximum Gasteiger partial charge on any atom is 0.230 e. The predicted octanol–water partition coefficient (Wildman–Crippen LogP) is 4.58. The predicted molar refractivity (Wildman–Crippen MR) is 126 cm³/mol. The number of ether oxygens (including phenoxy) is 2. The maximum absolute atomic E-state index is 13.4. The fraction of sp³-hybridized carbons (Fsp3) is 0.500. The van der Waals surface area contributed by atoms with Gasteiger partial charge in [-0.2, -0.15) is 0 Å². The first-order valence-electron chi connectivity index (χ1n) is 11.5. The zero-order valence-electron chi connectivity index (χ0n) is 19.3. The van der Waals surface area contributed by atoms with Crippen molar-refractivity contribution in [3.63, 3.8) is 0 Å². The summed E-state index contributed by atoms with van der Waals surface area (Å²) in [5.74, 6) is 1.11. The monoisotopic (exact) mass is 424 g/mol. The van der Waals surface area contributed by atoms with Crippen molar-refractivity contribution < 1.29 is 14.3 Å². The molecule has 1 amide bonds. The lowest BCUT2D eigenvalue weighted by Gasteiger charge is -2.36. The molecule has 2 atom stereocenters. The minimum Gasteiger partial charge on any atom is -0.491 e. The normalized spacial score (nSPS) is 17.5. The largest absolute Gasteiger partial charge is 0.491 e. The first-order valence-corrected chi connectivity index (χ1v) is 11.5. The fourth-order valence-corrected chi connectivity index (χ4v) is 4.24. The zero-order valence-corrected chi connectivity index (χ0v) is 19.3. The zero-order chi connectivity index (χ0) is 22.2. The molecular weight excluding hydrogens is 388 g/mol. The highest BCUT2D eigenvalue weighted by atomic mass is 16.5. The maximum atomic E-state index is 13.4. The minimum atomic E-state index is -0.133. The van der Waals surface area contributed by atoms with Crippen LogP contribution in [-0.2, 0) is 9.53 Å². The van der Waals surface area contributed by atoms with Crippen LogP contribution in [0.3, 0.4) is 0 Å². The molecule has 0 aliphatic carbocycles. The summed E-state index contributed by atoms with van der Waals surface area (Å²) < 4.78 is 12.0. The van der Waals surface area contributed by atoms with Crippen molar-refractivity contribution in [1.82, 2.24) is 4.90 Å². The summed E-state index contributed by atoms with van der Waals surface area (Å²) in [6.45, 7) is 12.6. The number of amides is 1. The van der Waals surface area contributed by atoms with Crippen LogP contribution in [0.15, 0.2) is 54.6 Å². The van der Waals surface area contributed by atoms with Crippen LogP contribution in [0.25, 0.3) is 0 Å². The third-order valence-electron chi connectivity index (χ3n) is 5.92. The summed E-state index contributed by atoms with van der Waals surface area (Å²) in [5, 5.41) is 0. The van der Waals surface area contributed by atoms with E-state index in [4.69, 9.17) is 9.47 Å². The third-order valence-corrected chi connectivity index (χ3v) is 5.92. The van der Waals surface area contributed by atoms with Gasteiger partial charge in [0.15, 0.2) is 0 Å². The van der Waals surface area contributed by atoms with Crippen molar-refractivity contribution in [2.75, 3.05) is 44.3 Å². The van der Waals surface area contributed by atoms with Gasteiger partial charge in [0.2, 0.25) is 5.91 Å². The molecule has 1 fully saturated rings. The lowest BCUT2D eigenvalue weighted by molar-refractivity contribution is -0.142. The number of carbonyl (C=O) groups excluding carboxylic acids is 1. The Morgan fingerprint density at radius 2 is 1.87 bits per heavy atom. The van der Waals surface area contributed by atoms with E-state index < -0.39 is 0 Å². The summed E-state index contributed by atoms with van der Waals surface area (Å²) in [5.41, 5.74) is 2.24. The Morgan fingerprint density at radius 3 is 2.55 bits per heavy atom. The molecule has 5 nitrogen and oxygen atoms in total. The Morgan fingerprint density at radius 1 is 1.13 bits per heavy atom. The van der Waals surface area contributed by atoms with E-state index in [0.717, 1.165) is 30.1 Å². The number of benzene rings is 2. The van der Waals surface area contributed by atoms with E-state index in [2.05, 4.69) is 44.7 Å². The highest BCUT2D eigenvalue weighted by Gasteiger charge is 2.32. The molecule has 31 heavy (non-hydrogen) atoms. The van der Waals surface area contributed by atoms with Gasteiger partial charge >= 0.3 is 0 Å². The summed E-state index contributed by atoms with van der Waals surface area (Å²) in [7, 11) is 0. The molecule has 5 heteroatoms. The van der Waals surface area contributed by atoms with Crippen LogP contribution in [0.5, 0.6) is 5.75 Å². The van der Waals surface area contributed by atoms with Crippen molar-refractivity contribution in [3.8, 4) is 5.75 Å². The second-order valence-electron chi connectivity index (χ2n) is 8.39. The molecule has 1 heterocycles. The van der Waals surface area contributed by atoms with E-state index in [1.54, 1.807) is 0 Å². The topological polar surface area (TPSA) is 42.0 Å². The minimum absolute atomic E-state index is 0.126. The third kappa shape index (κ3) is 6.01. The average Bonchev–Trinajstić information content (AvgIpc) is 2.79. The lowest BCUT2D eigenvalue weighted by atomic mass is 9.87. The van der Waals surface area contributed by atoms with Crippen LogP contribution < -0.4 is 9.64 Å². The van der Waals surface area contributed by atoms with Crippen LogP contribution >= 0.6 is 0 Å². The number of hydrogen-bond donors (Lipinski definition) is 0. The summed E-state index contributed by atoms with van der Waals surface area (Å²) in [4.78, 5) is 17.6. The highest BCUT2D eigenvalue weighted by molar-refractivity contribution is 5.84. The number of rotatable bonds is 9. The molecule has 168 valence electrons. The fourth-order valence-electron chi connectivity index (χ4n) is 4.24. The molecule has 1 aliphatic rings. The molecular formula is C26H36N2O3. The molecule has 2 aromatic rings. The van der Waals surface area contributed by atoms with Crippen LogP contribution in [-0.4, -0.2) is 56.3 Å². The van der Waals surface area contributed by atoms with Gasteiger partial charge in [0.1, 0.15) is 18.5 Å². The van der Waals surface area contributed by atoms with Crippen molar-refractivity contribution in [2.24, 2.45) is 5.92 Å². The Kier molecular flexibility index (Phi) is 8.35. The first-order chi connectivity index (χ1) is 15.0. The number of morpholine rings is 1. The highest BCUT2D eigenvalue weighted by Crippen LogP contribution is 2.28. The number of hydrogen-bond acceptors (Lipinski definition) is 4. The van der Waals surface area contributed by atoms with E-state index in [1.165, 1.54) is 0 Å². The smallest absolute Gasteiger partial charge is 0.230 e. The Bertz CT molecular complexity index is 820. The van der Waals surface area contributed by atoms with Gasteiger partial charge in [-0.25, -0.2) is 0 Å².